The normalized spacial score (nSPS) is 10.2. The minimum Gasteiger partial charge on any atom is -0.492 e. The molecule has 0 radical (unpaired) electrons. The molecule has 0 fully saturated rings. The highest BCUT2D eigenvalue weighted by Gasteiger charge is 2.18. The molecule has 0 saturated heterocycles. The van der Waals surface area contributed by atoms with E-state index < -0.39 is 17.8 Å². The average molecular weight is 329 g/mol. The highest BCUT2D eigenvalue weighted by atomic mass is 16.5. The van der Waals surface area contributed by atoms with Crippen molar-refractivity contribution >= 4 is 11.9 Å². The van der Waals surface area contributed by atoms with E-state index >= 15 is 0 Å². The maximum absolute atomic E-state index is 12.1. The van der Waals surface area contributed by atoms with E-state index in [1.165, 1.54) is 6.20 Å². The first-order valence-corrected chi connectivity index (χ1v) is 7.64. The van der Waals surface area contributed by atoms with Crippen molar-refractivity contribution in [2.24, 2.45) is 0 Å². The van der Waals surface area contributed by atoms with Crippen molar-refractivity contribution in [1.82, 2.24) is 15.3 Å². The van der Waals surface area contributed by atoms with Crippen molar-refractivity contribution in [2.75, 3.05) is 13.2 Å². The molecule has 126 valence electrons. The van der Waals surface area contributed by atoms with Gasteiger partial charge >= 0.3 is 5.97 Å². The first-order chi connectivity index (χ1) is 11.6. The zero-order valence-electron chi connectivity index (χ0n) is 13.6. The SMILES string of the molecule is CCOC(=O)CNC(=O)c1nc(-c2ccccc2CC)cnc1O. The molecule has 0 aliphatic heterocycles. The number of carbonyl (C=O) groups excluding carboxylic acids is 2. The van der Waals surface area contributed by atoms with Crippen LogP contribution in [0.2, 0.25) is 0 Å². The third-order valence-electron chi connectivity index (χ3n) is 3.34. The number of amides is 1. The van der Waals surface area contributed by atoms with Crippen molar-refractivity contribution in [3.8, 4) is 17.1 Å². The number of carbonyl (C=O) groups is 2. The molecular formula is C17H19N3O4. The molecule has 1 amide bonds. The van der Waals surface area contributed by atoms with Crippen molar-refractivity contribution in [2.45, 2.75) is 20.3 Å². The number of aryl methyl sites for hydroxylation is 1. The predicted octanol–water partition coefficient (Wildman–Crippen LogP) is 1.70. The molecule has 0 atom stereocenters. The number of hydrogen-bond donors (Lipinski definition) is 2. The zero-order chi connectivity index (χ0) is 17.5. The fourth-order valence-electron chi connectivity index (χ4n) is 2.19. The molecule has 0 spiro atoms. The number of nitrogens with zero attached hydrogens (tertiary/aromatic N) is 2. The Balaban J connectivity index is 2.25. The fourth-order valence-corrected chi connectivity index (χ4v) is 2.19. The molecule has 2 aromatic rings. The van der Waals surface area contributed by atoms with Crippen LogP contribution in [0.1, 0.15) is 29.9 Å². The van der Waals surface area contributed by atoms with Gasteiger partial charge in [0.15, 0.2) is 5.69 Å². The van der Waals surface area contributed by atoms with Gasteiger partial charge in [0.25, 0.3) is 5.91 Å². The van der Waals surface area contributed by atoms with Gasteiger partial charge in [-0.05, 0) is 18.9 Å². The quantitative estimate of drug-likeness (QED) is 0.782. The van der Waals surface area contributed by atoms with E-state index in [1.54, 1.807) is 6.92 Å². The number of rotatable bonds is 6. The molecule has 24 heavy (non-hydrogen) atoms. The maximum Gasteiger partial charge on any atom is 0.325 e. The monoisotopic (exact) mass is 329 g/mol. The van der Waals surface area contributed by atoms with Gasteiger partial charge in [-0.15, -0.1) is 0 Å². The van der Waals surface area contributed by atoms with Crippen LogP contribution in [-0.2, 0) is 16.0 Å². The van der Waals surface area contributed by atoms with Gasteiger partial charge < -0.3 is 15.2 Å². The first kappa shape index (κ1) is 17.4. The van der Waals surface area contributed by atoms with Crippen LogP contribution >= 0.6 is 0 Å². The van der Waals surface area contributed by atoms with Gasteiger partial charge in [-0.2, -0.15) is 0 Å². The van der Waals surface area contributed by atoms with Crippen LogP contribution in [0.5, 0.6) is 5.88 Å². The Morgan fingerprint density at radius 2 is 2.00 bits per heavy atom. The number of nitrogens with one attached hydrogen (secondary N) is 1. The van der Waals surface area contributed by atoms with Crippen LogP contribution in [-0.4, -0.2) is 40.1 Å². The van der Waals surface area contributed by atoms with Gasteiger partial charge in [-0.1, -0.05) is 31.2 Å². The molecule has 7 nitrogen and oxygen atoms in total. The first-order valence-electron chi connectivity index (χ1n) is 7.64. The molecule has 0 unspecified atom stereocenters. The molecule has 0 bridgehead atoms. The number of hydrogen-bond acceptors (Lipinski definition) is 6. The van der Waals surface area contributed by atoms with Crippen LogP contribution in [0, 0.1) is 0 Å². The standard InChI is InChI=1S/C17H19N3O4/c1-3-11-7-5-6-8-12(11)13-9-18-16(22)15(20-13)17(23)19-10-14(21)24-4-2/h5-9H,3-4,10H2,1-2H3,(H,18,22)(H,19,23). The molecule has 0 saturated carbocycles. The second-order valence-electron chi connectivity index (χ2n) is 4.93. The van der Waals surface area contributed by atoms with E-state index in [0.29, 0.717) is 5.69 Å². The summed E-state index contributed by atoms with van der Waals surface area (Å²) in [5, 5.41) is 12.2. The third kappa shape index (κ3) is 4.07. The van der Waals surface area contributed by atoms with E-state index in [4.69, 9.17) is 4.74 Å². The van der Waals surface area contributed by atoms with Gasteiger partial charge in [0.05, 0.1) is 18.5 Å². The summed E-state index contributed by atoms with van der Waals surface area (Å²) in [5.41, 5.74) is 2.14. The van der Waals surface area contributed by atoms with Crippen molar-refractivity contribution < 1.29 is 19.4 Å². The van der Waals surface area contributed by atoms with Crippen LogP contribution in [0.3, 0.4) is 0 Å². The number of aromatic hydroxyl groups is 1. The summed E-state index contributed by atoms with van der Waals surface area (Å²) in [6, 6.07) is 7.62. The van der Waals surface area contributed by atoms with Crippen molar-refractivity contribution in [1.29, 1.82) is 0 Å². The molecule has 1 aromatic carbocycles. The number of esters is 1. The molecule has 1 aromatic heterocycles. The van der Waals surface area contributed by atoms with Gasteiger partial charge in [0.2, 0.25) is 5.88 Å². The third-order valence-corrected chi connectivity index (χ3v) is 3.34. The lowest BCUT2D eigenvalue weighted by Crippen LogP contribution is -2.31. The van der Waals surface area contributed by atoms with Crippen LogP contribution < -0.4 is 5.32 Å². The largest absolute Gasteiger partial charge is 0.492 e. The molecule has 2 rings (SSSR count). The maximum atomic E-state index is 12.1. The lowest BCUT2D eigenvalue weighted by Gasteiger charge is -2.09. The molecule has 1 heterocycles. The van der Waals surface area contributed by atoms with Crippen molar-refractivity contribution in [3.05, 3.63) is 41.7 Å². The van der Waals surface area contributed by atoms with E-state index in [0.717, 1.165) is 17.5 Å². The van der Waals surface area contributed by atoms with Crippen LogP contribution in [0.15, 0.2) is 30.5 Å². The van der Waals surface area contributed by atoms with Gasteiger partial charge in [0, 0.05) is 5.56 Å². The topological polar surface area (TPSA) is 101 Å². The minimum absolute atomic E-state index is 0.225. The summed E-state index contributed by atoms with van der Waals surface area (Å²) in [6.45, 7) is 3.61. The Morgan fingerprint density at radius 1 is 1.25 bits per heavy atom. The van der Waals surface area contributed by atoms with Gasteiger partial charge in [-0.25, -0.2) is 9.97 Å². The Kier molecular flexibility index (Phi) is 5.83. The second-order valence-corrected chi connectivity index (χ2v) is 4.93. The summed E-state index contributed by atoms with van der Waals surface area (Å²) in [7, 11) is 0. The summed E-state index contributed by atoms with van der Waals surface area (Å²) in [5.74, 6) is -1.75. The van der Waals surface area contributed by atoms with E-state index in [1.807, 2.05) is 31.2 Å². The Morgan fingerprint density at radius 3 is 2.71 bits per heavy atom. The smallest absolute Gasteiger partial charge is 0.325 e. The van der Waals surface area contributed by atoms with E-state index in [9.17, 15) is 14.7 Å². The van der Waals surface area contributed by atoms with E-state index in [-0.39, 0.29) is 18.8 Å². The fraction of sp³-hybridized carbons (Fsp3) is 0.294. The highest BCUT2D eigenvalue weighted by molar-refractivity contribution is 5.96. The summed E-state index contributed by atoms with van der Waals surface area (Å²) >= 11 is 0. The Bertz CT molecular complexity index is 746. The second kappa shape index (κ2) is 8.05. The number of aromatic nitrogens is 2. The lowest BCUT2D eigenvalue weighted by atomic mass is 10.0. The van der Waals surface area contributed by atoms with Crippen molar-refractivity contribution in [3.63, 3.8) is 0 Å². The van der Waals surface area contributed by atoms with Gasteiger partial charge in [-0.3, -0.25) is 9.59 Å². The molecular weight excluding hydrogens is 310 g/mol. The summed E-state index contributed by atoms with van der Waals surface area (Å²) in [6.07, 6.45) is 2.20. The number of benzene rings is 1. The average Bonchev–Trinajstić information content (AvgIpc) is 2.60. The minimum atomic E-state index is -0.691. The Labute approximate surface area is 139 Å². The van der Waals surface area contributed by atoms with Gasteiger partial charge in [0.1, 0.15) is 6.54 Å². The lowest BCUT2D eigenvalue weighted by molar-refractivity contribution is -0.141. The van der Waals surface area contributed by atoms with E-state index in [2.05, 4.69) is 15.3 Å². The molecule has 2 N–H and O–H groups in total. The Hall–Kier alpha value is -2.96. The number of ether oxygens (including phenoxy) is 1. The molecule has 0 aliphatic carbocycles. The predicted molar refractivity (Wildman–Crippen MR) is 87.5 cm³/mol. The van der Waals surface area contributed by atoms with Crippen LogP contribution in [0.4, 0.5) is 0 Å². The summed E-state index contributed by atoms with van der Waals surface area (Å²) < 4.78 is 4.73. The molecule has 0 aliphatic rings. The zero-order valence-corrected chi connectivity index (χ0v) is 13.6. The summed E-state index contributed by atoms with van der Waals surface area (Å²) in [4.78, 5) is 31.5. The highest BCUT2D eigenvalue weighted by Crippen LogP contribution is 2.24. The van der Waals surface area contributed by atoms with Crippen LogP contribution in [0.25, 0.3) is 11.3 Å². The molecule has 7 heteroatoms.